The van der Waals surface area contributed by atoms with E-state index in [1.807, 2.05) is 39.0 Å². The van der Waals surface area contributed by atoms with Gasteiger partial charge in [-0.15, -0.1) is 11.3 Å². The molecule has 1 atom stereocenters. The third-order valence-electron chi connectivity index (χ3n) is 5.92. The topological polar surface area (TPSA) is 96.7 Å². The first-order chi connectivity index (χ1) is 15.7. The number of carbonyl (C=O) groups is 2. The summed E-state index contributed by atoms with van der Waals surface area (Å²) in [5.41, 5.74) is -1.31. The number of thiophene rings is 1. The number of likely N-dealkylation sites (tertiary alicyclic amines) is 1. The maximum Gasteiger partial charge on any atom is 0.410 e. The Balaban J connectivity index is 1.90. The van der Waals surface area contributed by atoms with Crippen molar-refractivity contribution in [1.29, 1.82) is 0 Å². The summed E-state index contributed by atoms with van der Waals surface area (Å²) in [5.74, 6) is 0.234. The van der Waals surface area contributed by atoms with Gasteiger partial charge < -0.3 is 20.1 Å². The Hall–Kier alpha value is -2.10. The van der Waals surface area contributed by atoms with Gasteiger partial charge in [-0.3, -0.25) is 4.79 Å². The lowest BCUT2D eigenvalue weighted by atomic mass is 9.79. The third-order valence-corrected chi connectivity index (χ3v) is 7.15. The van der Waals surface area contributed by atoms with E-state index in [9.17, 15) is 14.7 Å². The predicted octanol–water partition coefficient (Wildman–Crippen LogP) is 5.16. The molecule has 0 bridgehead atoms. The molecule has 0 radical (unpaired) electrons. The number of nitrogens with zero attached hydrogens (tertiary/aromatic N) is 3. The van der Waals surface area contributed by atoms with Crippen LogP contribution in [0.25, 0.3) is 0 Å². The molecule has 1 amide bonds. The first-order valence-corrected chi connectivity index (χ1v) is 12.7. The molecular weight excluding hydrogens is 476 g/mol. The minimum atomic E-state index is -0.998. The Morgan fingerprint density at radius 2 is 2.00 bits per heavy atom. The first kappa shape index (κ1) is 26.5. The Morgan fingerprint density at radius 3 is 2.59 bits per heavy atom. The van der Waals surface area contributed by atoms with Crippen molar-refractivity contribution in [3.8, 4) is 0 Å². The molecule has 1 aliphatic rings. The van der Waals surface area contributed by atoms with Crippen LogP contribution >= 0.6 is 22.9 Å². The van der Waals surface area contributed by atoms with E-state index >= 15 is 0 Å². The number of halogens is 1. The Labute approximate surface area is 210 Å². The number of hydrogen-bond acceptors (Lipinski definition) is 7. The van der Waals surface area contributed by atoms with Crippen molar-refractivity contribution in [3.05, 3.63) is 33.1 Å². The second kappa shape index (κ2) is 9.87. The van der Waals surface area contributed by atoms with Crippen LogP contribution in [0.4, 0.5) is 10.6 Å². The van der Waals surface area contributed by atoms with E-state index in [0.29, 0.717) is 29.8 Å². The van der Waals surface area contributed by atoms with E-state index in [-0.39, 0.29) is 18.6 Å². The van der Waals surface area contributed by atoms with Crippen LogP contribution < -0.4 is 5.32 Å². The van der Waals surface area contributed by atoms with Gasteiger partial charge in [0.25, 0.3) is 5.91 Å². The lowest BCUT2D eigenvalue weighted by Gasteiger charge is -2.39. The number of nitrogens with one attached hydrogen (secondary N) is 1. The standard InChI is InChI=1S/C24H35ClN4O4S/c1-22(2,3)33-21(32)28-11-7-10-24(6,14-28)17-12-19(26-13-16-8-9-18(25)34-16)29(27-17)20(31)23(4,5)15-30/h8-9,12,26,30H,7,10-11,13-15H2,1-6H3. The van der Waals surface area contributed by atoms with Crippen LogP contribution in [-0.2, 0) is 16.7 Å². The van der Waals surface area contributed by atoms with Crippen molar-refractivity contribution in [2.75, 3.05) is 25.0 Å². The highest BCUT2D eigenvalue weighted by molar-refractivity contribution is 7.16. The van der Waals surface area contributed by atoms with Crippen molar-refractivity contribution in [2.45, 2.75) is 71.9 Å². The van der Waals surface area contributed by atoms with Gasteiger partial charge in [0.1, 0.15) is 11.4 Å². The minimum Gasteiger partial charge on any atom is -0.444 e. The number of ether oxygens (including phenoxy) is 1. The molecule has 1 fully saturated rings. The van der Waals surface area contributed by atoms with Gasteiger partial charge in [-0.05, 0) is 59.6 Å². The molecule has 3 heterocycles. The van der Waals surface area contributed by atoms with Crippen molar-refractivity contribution in [1.82, 2.24) is 14.7 Å². The van der Waals surface area contributed by atoms with Gasteiger partial charge in [-0.1, -0.05) is 18.5 Å². The molecule has 1 aliphatic heterocycles. The van der Waals surface area contributed by atoms with Gasteiger partial charge in [0.2, 0.25) is 0 Å². The maximum absolute atomic E-state index is 13.3. The number of amides is 1. The highest BCUT2D eigenvalue weighted by Gasteiger charge is 2.40. The maximum atomic E-state index is 13.3. The molecule has 0 spiro atoms. The molecule has 1 saturated heterocycles. The smallest absolute Gasteiger partial charge is 0.410 e. The minimum absolute atomic E-state index is 0.301. The number of aromatic nitrogens is 2. The lowest BCUT2D eigenvalue weighted by molar-refractivity contribution is 0.0142. The fraction of sp³-hybridized carbons (Fsp3) is 0.625. The van der Waals surface area contributed by atoms with Gasteiger partial charge in [0, 0.05) is 29.4 Å². The average Bonchev–Trinajstić information content (AvgIpc) is 3.37. The zero-order chi connectivity index (χ0) is 25.3. The quantitative estimate of drug-likeness (QED) is 0.557. The summed E-state index contributed by atoms with van der Waals surface area (Å²) >= 11 is 7.52. The molecule has 0 aliphatic carbocycles. The molecule has 0 saturated carbocycles. The third kappa shape index (κ3) is 6.12. The molecule has 188 valence electrons. The molecule has 2 N–H and O–H groups in total. The van der Waals surface area contributed by atoms with Gasteiger partial charge in [0.05, 0.1) is 28.6 Å². The number of aliphatic hydroxyl groups is 1. The second-order valence-corrected chi connectivity index (χ2v) is 12.6. The van der Waals surface area contributed by atoms with Gasteiger partial charge >= 0.3 is 6.09 Å². The fourth-order valence-electron chi connectivity index (χ4n) is 3.87. The summed E-state index contributed by atoms with van der Waals surface area (Å²) in [5, 5.41) is 17.8. The molecule has 1 unspecified atom stereocenters. The summed E-state index contributed by atoms with van der Waals surface area (Å²) in [7, 11) is 0. The number of anilines is 1. The molecule has 34 heavy (non-hydrogen) atoms. The summed E-state index contributed by atoms with van der Waals surface area (Å²) < 4.78 is 7.62. The van der Waals surface area contributed by atoms with E-state index in [0.717, 1.165) is 23.4 Å². The molecular formula is C24H35ClN4O4S. The number of carbonyl (C=O) groups excluding carboxylic acids is 2. The Bertz CT molecular complexity index is 1040. The fourth-order valence-corrected chi connectivity index (χ4v) is 4.89. The Kier molecular flexibility index (Phi) is 7.70. The average molecular weight is 511 g/mol. The van der Waals surface area contributed by atoms with Crippen LogP contribution in [0.2, 0.25) is 4.34 Å². The van der Waals surface area contributed by atoms with E-state index in [4.69, 9.17) is 21.4 Å². The molecule has 2 aromatic heterocycles. The highest BCUT2D eigenvalue weighted by Crippen LogP contribution is 2.36. The van der Waals surface area contributed by atoms with Gasteiger partial charge in [-0.25, -0.2) is 4.79 Å². The number of piperidine rings is 1. The summed E-state index contributed by atoms with van der Waals surface area (Å²) in [6.45, 7) is 12.2. The van der Waals surface area contributed by atoms with Crippen LogP contribution in [0, 0.1) is 5.41 Å². The number of rotatable bonds is 6. The summed E-state index contributed by atoms with van der Waals surface area (Å²) in [4.78, 5) is 28.7. The molecule has 10 heteroatoms. The van der Waals surface area contributed by atoms with Gasteiger partial charge in [0.15, 0.2) is 0 Å². The summed E-state index contributed by atoms with van der Waals surface area (Å²) in [6, 6.07) is 5.64. The number of aliphatic hydroxyl groups excluding tert-OH is 1. The van der Waals surface area contributed by atoms with Crippen molar-refractivity contribution in [3.63, 3.8) is 0 Å². The first-order valence-electron chi connectivity index (χ1n) is 11.5. The van der Waals surface area contributed by atoms with Crippen molar-refractivity contribution in [2.24, 2.45) is 5.41 Å². The van der Waals surface area contributed by atoms with Crippen molar-refractivity contribution < 1.29 is 19.4 Å². The molecule has 3 rings (SSSR count). The predicted molar refractivity (Wildman–Crippen MR) is 135 cm³/mol. The molecule has 0 aromatic carbocycles. The van der Waals surface area contributed by atoms with Crippen LogP contribution in [0.1, 0.15) is 69.7 Å². The second-order valence-electron chi connectivity index (χ2n) is 10.8. The van der Waals surface area contributed by atoms with E-state index < -0.39 is 16.4 Å². The van der Waals surface area contributed by atoms with E-state index in [2.05, 4.69) is 12.2 Å². The molecule has 2 aromatic rings. The van der Waals surface area contributed by atoms with Crippen LogP contribution in [0.15, 0.2) is 18.2 Å². The number of hydrogen-bond donors (Lipinski definition) is 2. The monoisotopic (exact) mass is 510 g/mol. The van der Waals surface area contributed by atoms with Crippen molar-refractivity contribution >= 4 is 40.8 Å². The SMILES string of the molecule is CC(C)(C)OC(=O)N1CCCC(C)(c2cc(NCc3ccc(Cl)s3)n(C(=O)C(C)(C)CO)n2)C1. The largest absolute Gasteiger partial charge is 0.444 e. The normalized spacial score (nSPS) is 19.2. The highest BCUT2D eigenvalue weighted by atomic mass is 35.5. The zero-order valence-corrected chi connectivity index (χ0v) is 22.3. The Morgan fingerprint density at radius 1 is 1.29 bits per heavy atom. The van der Waals surface area contributed by atoms with Gasteiger partial charge in [-0.2, -0.15) is 9.78 Å². The van der Waals surface area contributed by atoms with Crippen LogP contribution in [0.5, 0.6) is 0 Å². The van der Waals surface area contributed by atoms with E-state index in [1.54, 1.807) is 18.7 Å². The summed E-state index contributed by atoms with van der Waals surface area (Å²) in [6.07, 6.45) is 1.28. The molecule has 8 nitrogen and oxygen atoms in total. The van der Waals surface area contributed by atoms with E-state index in [1.165, 1.54) is 16.0 Å². The van der Waals surface area contributed by atoms with Crippen LogP contribution in [0.3, 0.4) is 0 Å². The van der Waals surface area contributed by atoms with Crippen LogP contribution in [-0.4, -0.2) is 57.1 Å². The zero-order valence-electron chi connectivity index (χ0n) is 20.8. The lowest BCUT2D eigenvalue weighted by Crippen LogP contribution is -2.48.